The molecule has 0 saturated carbocycles. The van der Waals surface area contributed by atoms with E-state index in [4.69, 9.17) is 14.2 Å². The minimum Gasteiger partial charge on any atom is -0.497 e. The number of amides is 1. The molecule has 1 amide bonds. The number of hydrogen-bond acceptors (Lipinski definition) is 6. The molecule has 29 heavy (non-hydrogen) atoms. The molecule has 1 saturated heterocycles. The number of morpholine rings is 1. The van der Waals surface area contributed by atoms with Crippen LogP contribution in [0.4, 0.5) is 11.4 Å². The molecule has 7 nitrogen and oxygen atoms in total. The molecule has 0 aliphatic carbocycles. The van der Waals surface area contributed by atoms with E-state index in [0.717, 1.165) is 49.2 Å². The summed E-state index contributed by atoms with van der Waals surface area (Å²) in [4.78, 5) is 14.4. The molecule has 0 bridgehead atoms. The van der Waals surface area contributed by atoms with Gasteiger partial charge in [-0.3, -0.25) is 4.79 Å². The highest BCUT2D eigenvalue weighted by molar-refractivity contribution is 5.77. The summed E-state index contributed by atoms with van der Waals surface area (Å²) in [6.07, 6.45) is 0.403. The van der Waals surface area contributed by atoms with Crippen LogP contribution in [0.2, 0.25) is 0 Å². The number of benzene rings is 2. The summed E-state index contributed by atoms with van der Waals surface area (Å²) in [7, 11) is 1.63. The van der Waals surface area contributed by atoms with Gasteiger partial charge < -0.3 is 29.7 Å². The maximum Gasteiger partial charge on any atom is 0.221 e. The van der Waals surface area contributed by atoms with E-state index in [1.54, 1.807) is 7.11 Å². The van der Waals surface area contributed by atoms with Crippen LogP contribution in [0.25, 0.3) is 0 Å². The van der Waals surface area contributed by atoms with Gasteiger partial charge in [0.1, 0.15) is 18.1 Å². The van der Waals surface area contributed by atoms with Gasteiger partial charge in [0, 0.05) is 26.1 Å². The molecule has 7 heteroatoms. The van der Waals surface area contributed by atoms with Crippen molar-refractivity contribution in [3.63, 3.8) is 0 Å². The van der Waals surface area contributed by atoms with Crippen molar-refractivity contribution in [2.45, 2.75) is 6.42 Å². The molecule has 2 N–H and O–H groups in total. The van der Waals surface area contributed by atoms with Gasteiger partial charge in [-0.25, -0.2) is 0 Å². The average Bonchev–Trinajstić information content (AvgIpc) is 2.78. The van der Waals surface area contributed by atoms with E-state index in [2.05, 4.69) is 21.6 Å². The first-order chi connectivity index (χ1) is 14.3. The van der Waals surface area contributed by atoms with Crippen LogP contribution < -0.4 is 25.0 Å². The number of para-hydroxylation sites is 2. The first-order valence-electron chi connectivity index (χ1n) is 9.95. The van der Waals surface area contributed by atoms with Crippen molar-refractivity contribution in [1.29, 1.82) is 0 Å². The van der Waals surface area contributed by atoms with Gasteiger partial charge >= 0.3 is 0 Å². The molecule has 156 valence electrons. The first-order valence-corrected chi connectivity index (χ1v) is 9.95. The minimum absolute atomic E-state index is 0.000292. The van der Waals surface area contributed by atoms with Gasteiger partial charge in [0.05, 0.1) is 38.2 Å². The Morgan fingerprint density at radius 3 is 2.52 bits per heavy atom. The maximum absolute atomic E-state index is 12.1. The third kappa shape index (κ3) is 6.57. The molecule has 1 aliphatic rings. The Bertz CT molecular complexity index is 761. The maximum atomic E-state index is 12.1. The zero-order valence-corrected chi connectivity index (χ0v) is 16.9. The van der Waals surface area contributed by atoms with Gasteiger partial charge in [-0.2, -0.15) is 0 Å². The van der Waals surface area contributed by atoms with Crippen molar-refractivity contribution in [3.8, 4) is 11.5 Å². The smallest absolute Gasteiger partial charge is 0.221 e. The molecule has 2 aromatic rings. The van der Waals surface area contributed by atoms with E-state index in [0.29, 0.717) is 26.1 Å². The summed E-state index contributed by atoms with van der Waals surface area (Å²) >= 11 is 0. The van der Waals surface area contributed by atoms with Gasteiger partial charge in [-0.05, 0) is 36.4 Å². The number of anilines is 2. The number of carbonyl (C=O) groups excluding carboxylic acids is 1. The molecule has 3 rings (SSSR count). The molecule has 0 unspecified atom stereocenters. The van der Waals surface area contributed by atoms with Crippen LogP contribution in [0.5, 0.6) is 11.5 Å². The topological polar surface area (TPSA) is 72.1 Å². The van der Waals surface area contributed by atoms with Gasteiger partial charge in [-0.1, -0.05) is 12.1 Å². The molecule has 1 fully saturated rings. The molecular weight excluding hydrogens is 370 g/mol. The number of nitrogens with zero attached hydrogens (tertiary/aromatic N) is 1. The SMILES string of the molecule is COc1ccc(OCCNC(=O)CCNc2ccccc2N2CCOCC2)cc1. The Morgan fingerprint density at radius 2 is 1.76 bits per heavy atom. The predicted molar refractivity (Wildman–Crippen MR) is 114 cm³/mol. The Hall–Kier alpha value is -2.93. The lowest BCUT2D eigenvalue weighted by Gasteiger charge is -2.30. The fraction of sp³-hybridized carbons (Fsp3) is 0.409. The summed E-state index contributed by atoms with van der Waals surface area (Å²) in [6.45, 7) is 4.72. The van der Waals surface area contributed by atoms with Gasteiger partial charge in [0.2, 0.25) is 5.91 Å². The lowest BCUT2D eigenvalue weighted by atomic mass is 10.2. The van der Waals surface area contributed by atoms with Crippen molar-refractivity contribution in [2.24, 2.45) is 0 Å². The number of hydrogen-bond donors (Lipinski definition) is 2. The van der Waals surface area contributed by atoms with Crippen LogP contribution >= 0.6 is 0 Å². The van der Waals surface area contributed by atoms with Crippen LogP contribution in [-0.4, -0.2) is 59.0 Å². The second-order valence-electron chi connectivity index (χ2n) is 6.67. The third-order valence-electron chi connectivity index (χ3n) is 4.68. The summed E-state index contributed by atoms with van der Waals surface area (Å²) in [6, 6.07) is 15.6. The van der Waals surface area contributed by atoms with Crippen LogP contribution in [0.15, 0.2) is 48.5 Å². The third-order valence-corrected chi connectivity index (χ3v) is 4.68. The van der Waals surface area contributed by atoms with Crippen LogP contribution in [0.3, 0.4) is 0 Å². The van der Waals surface area contributed by atoms with E-state index in [1.165, 1.54) is 0 Å². The molecule has 0 atom stereocenters. The minimum atomic E-state index is -0.000292. The highest BCUT2D eigenvalue weighted by Crippen LogP contribution is 2.26. The summed E-state index contributed by atoms with van der Waals surface area (Å²) in [5, 5.41) is 6.27. The zero-order valence-electron chi connectivity index (χ0n) is 16.9. The highest BCUT2D eigenvalue weighted by atomic mass is 16.5. The summed E-state index contributed by atoms with van der Waals surface area (Å²) in [5.74, 6) is 1.54. The number of carbonyl (C=O) groups is 1. The van der Waals surface area contributed by atoms with Crippen molar-refractivity contribution >= 4 is 17.3 Å². The summed E-state index contributed by atoms with van der Waals surface area (Å²) < 4.78 is 16.1. The molecule has 2 aromatic carbocycles. The lowest BCUT2D eigenvalue weighted by molar-refractivity contribution is -0.120. The van der Waals surface area contributed by atoms with Crippen LogP contribution in [-0.2, 0) is 9.53 Å². The van der Waals surface area contributed by atoms with Crippen molar-refractivity contribution in [2.75, 3.05) is 63.3 Å². The van der Waals surface area contributed by atoms with Crippen LogP contribution in [0.1, 0.15) is 6.42 Å². The second kappa shape index (κ2) is 11.2. The van der Waals surface area contributed by atoms with E-state index in [9.17, 15) is 4.79 Å². The highest BCUT2D eigenvalue weighted by Gasteiger charge is 2.14. The van der Waals surface area contributed by atoms with Gasteiger partial charge in [0.15, 0.2) is 0 Å². The molecule has 0 radical (unpaired) electrons. The normalized spacial score (nSPS) is 13.6. The lowest BCUT2D eigenvalue weighted by Crippen LogP contribution is -2.36. The molecule has 1 heterocycles. The Kier molecular flexibility index (Phi) is 8.01. The van der Waals surface area contributed by atoms with Gasteiger partial charge in [0.25, 0.3) is 0 Å². The standard InChI is InChI=1S/C22H29N3O4/c1-27-18-6-8-19(9-7-18)29-15-12-24-22(26)10-11-23-20-4-2-3-5-21(20)25-13-16-28-17-14-25/h2-9,23H,10-17H2,1H3,(H,24,26). The average molecular weight is 399 g/mol. The Balaban J connectivity index is 1.34. The van der Waals surface area contributed by atoms with Crippen LogP contribution in [0, 0.1) is 0 Å². The Labute approximate surface area is 171 Å². The number of ether oxygens (including phenoxy) is 3. The van der Waals surface area contributed by atoms with E-state index in [1.807, 2.05) is 42.5 Å². The number of methoxy groups -OCH3 is 1. The number of nitrogens with one attached hydrogen (secondary N) is 2. The molecular formula is C22H29N3O4. The molecule has 0 aromatic heterocycles. The van der Waals surface area contributed by atoms with E-state index < -0.39 is 0 Å². The monoisotopic (exact) mass is 399 g/mol. The summed E-state index contributed by atoms with van der Waals surface area (Å²) in [5.41, 5.74) is 2.20. The first kappa shape index (κ1) is 20.8. The fourth-order valence-corrected chi connectivity index (χ4v) is 3.13. The van der Waals surface area contributed by atoms with Gasteiger partial charge in [-0.15, -0.1) is 0 Å². The quantitative estimate of drug-likeness (QED) is 0.598. The number of rotatable bonds is 10. The molecule has 0 spiro atoms. The second-order valence-corrected chi connectivity index (χ2v) is 6.67. The Morgan fingerprint density at radius 1 is 1.03 bits per heavy atom. The van der Waals surface area contributed by atoms with E-state index >= 15 is 0 Å². The van der Waals surface area contributed by atoms with E-state index in [-0.39, 0.29) is 5.91 Å². The van der Waals surface area contributed by atoms with Crippen molar-refractivity contribution in [3.05, 3.63) is 48.5 Å². The fourth-order valence-electron chi connectivity index (χ4n) is 3.13. The molecule has 1 aliphatic heterocycles. The zero-order chi connectivity index (χ0) is 20.3. The van der Waals surface area contributed by atoms with Crippen molar-refractivity contribution < 1.29 is 19.0 Å². The predicted octanol–water partition coefficient (Wildman–Crippen LogP) is 2.53. The van der Waals surface area contributed by atoms with Crippen molar-refractivity contribution in [1.82, 2.24) is 5.32 Å². The largest absolute Gasteiger partial charge is 0.497 e.